The minimum absolute atomic E-state index is 0.0243. The fourth-order valence-corrected chi connectivity index (χ4v) is 3.39. The molecule has 0 saturated carbocycles. The van der Waals surface area contributed by atoms with Crippen molar-refractivity contribution >= 4 is 0 Å². The monoisotopic (exact) mass is 499 g/mol. The molecule has 34 heavy (non-hydrogen) atoms. The Bertz CT molecular complexity index is 624. The van der Waals surface area contributed by atoms with Gasteiger partial charge < -0.3 is 64.2 Å². The molecular weight excluding hydrogens is 466 g/mol. The third-order valence-corrected chi connectivity index (χ3v) is 5.24. The van der Waals surface area contributed by atoms with Crippen LogP contribution in [0.5, 0.6) is 0 Å². The van der Waals surface area contributed by atoms with Gasteiger partial charge in [0.05, 0.1) is 46.2 Å². The topological polar surface area (TPSA) is 246 Å². The Morgan fingerprint density at radius 1 is 0.706 bits per heavy atom. The summed E-state index contributed by atoms with van der Waals surface area (Å²) in [7, 11) is 0. The highest BCUT2D eigenvalue weighted by molar-refractivity contribution is 4.94. The van der Waals surface area contributed by atoms with Crippen LogP contribution in [0.1, 0.15) is 0 Å². The molecule has 0 bridgehead atoms. The lowest BCUT2D eigenvalue weighted by Crippen LogP contribution is -2.64. The first-order chi connectivity index (χ1) is 16.3. The van der Waals surface area contributed by atoms with E-state index in [1.807, 2.05) is 0 Å². The minimum Gasteiger partial charge on any atom is -0.394 e. The molecule has 0 aromatic rings. The number of ether oxygens (including phenoxy) is 6. The molecule has 7 N–H and O–H groups in total. The van der Waals surface area contributed by atoms with Crippen molar-refractivity contribution < 1.29 is 64.2 Å². The first-order valence-corrected chi connectivity index (χ1v) is 10.7. The Morgan fingerprint density at radius 2 is 1.29 bits per heavy atom. The highest BCUT2D eigenvalue weighted by atomic mass is 16.7. The van der Waals surface area contributed by atoms with Crippen LogP contribution in [-0.2, 0) is 28.4 Å². The van der Waals surface area contributed by atoms with Gasteiger partial charge >= 0.3 is 0 Å². The lowest BCUT2D eigenvalue weighted by atomic mass is 9.97. The van der Waals surface area contributed by atoms with Crippen LogP contribution in [0, 0.1) is 0 Å². The fraction of sp³-hybridized carbons (Fsp3) is 1.00. The van der Waals surface area contributed by atoms with Crippen LogP contribution in [0.3, 0.4) is 0 Å². The van der Waals surface area contributed by atoms with Crippen molar-refractivity contribution in [3.05, 3.63) is 10.4 Å². The van der Waals surface area contributed by atoms with Gasteiger partial charge in [0.1, 0.15) is 48.8 Å². The Hall–Kier alpha value is -1.21. The second kappa shape index (κ2) is 15.0. The summed E-state index contributed by atoms with van der Waals surface area (Å²) in [5, 5.41) is 73.0. The molecule has 2 saturated heterocycles. The van der Waals surface area contributed by atoms with Crippen molar-refractivity contribution in [2.24, 2.45) is 5.11 Å². The summed E-state index contributed by atoms with van der Waals surface area (Å²) in [5.41, 5.74) is 8.14. The molecule has 0 aromatic heterocycles. The van der Waals surface area contributed by atoms with Crippen LogP contribution in [0.4, 0.5) is 0 Å². The molecule has 0 radical (unpaired) electrons. The van der Waals surface area contributed by atoms with Gasteiger partial charge in [0.2, 0.25) is 0 Å². The Morgan fingerprint density at radius 3 is 1.94 bits per heavy atom. The minimum atomic E-state index is -1.74. The zero-order valence-corrected chi connectivity index (χ0v) is 18.4. The molecule has 10 atom stereocenters. The lowest BCUT2D eigenvalue weighted by molar-refractivity contribution is -0.359. The van der Waals surface area contributed by atoms with Gasteiger partial charge in [-0.3, -0.25) is 0 Å². The van der Waals surface area contributed by atoms with Crippen molar-refractivity contribution in [3.63, 3.8) is 0 Å². The SMILES string of the molecule is [N-]=[N+]=NCCOCCOCCO[C@@H]1O[C@H](CO)[C@@H](O[C@@H]2O[C@H](CO)[C@H](O)[C@H](O)[C@@H]2O)[C@H](O)[C@H]1O. The first-order valence-electron chi connectivity index (χ1n) is 10.7. The number of nitrogens with zero attached hydrogens (tertiary/aromatic N) is 3. The predicted octanol–water partition coefficient (Wildman–Crippen LogP) is -4.03. The molecule has 0 spiro atoms. The van der Waals surface area contributed by atoms with Gasteiger partial charge in [0, 0.05) is 11.5 Å². The highest BCUT2D eigenvalue weighted by Crippen LogP contribution is 2.29. The Balaban J connectivity index is 1.79. The zero-order chi connectivity index (χ0) is 25.1. The number of hydrogen-bond acceptors (Lipinski definition) is 14. The summed E-state index contributed by atoms with van der Waals surface area (Å²) in [6.07, 6.45) is -15.1. The average Bonchev–Trinajstić information content (AvgIpc) is 2.84. The van der Waals surface area contributed by atoms with Gasteiger partial charge in [-0.15, -0.1) is 0 Å². The van der Waals surface area contributed by atoms with E-state index in [1.54, 1.807) is 0 Å². The molecule has 2 fully saturated rings. The van der Waals surface area contributed by atoms with Crippen LogP contribution in [0.15, 0.2) is 5.11 Å². The van der Waals surface area contributed by atoms with Gasteiger partial charge in [-0.05, 0) is 5.53 Å². The van der Waals surface area contributed by atoms with Crippen LogP contribution < -0.4 is 0 Å². The van der Waals surface area contributed by atoms with Crippen molar-refractivity contribution in [1.82, 2.24) is 0 Å². The zero-order valence-electron chi connectivity index (χ0n) is 18.4. The van der Waals surface area contributed by atoms with E-state index in [2.05, 4.69) is 10.0 Å². The number of hydrogen-bond donors (Lipinski definition) is 7. The van der Waals surface area contributed by atoms with E-state index in [-0.39, 0.29) is 39.6 Å². The molecule has 2 aliphatic rings. The van der Waals surface area contributed by atoms with E-state index in [9.17, 15) is 35.7 Å². The smallest absolute Gasteiger partial charge is 0.187 e. The standard InChI is InChI=1S/C18H33N3O13/c19-21-20-1-2-29-3-4-30-5-6-31-17-15(28)13(26)16(10(8-23)33-17)34-18-14(27)12(25)11(24)9(7-22)32-18/h9-18,22-28H,1-8H2/t9-,10-,11+,12+,13-,14+,15-,16-,17-,18+/m1/s1. The van der Waals surface area contributed by atoms with E-state index < -0.39 is 74.6 Å². The van der Waals surface area contributed by atoms with E-state index in [4.69, 9.17) is 34.0 Å². The summed E-state index contributed by atoms with van der Waals surface area (Å²) >= 11 is 0. The molecule has 16 heteroatoms. The number of aliphatic hydroxyl groups is 7. The van der Waals surface area contributed by atoms with Crippen molar-refractivity contribution in [3.8, 4) is 0 Å². The normalized spacial score (nSPS) is 38.4. The fourth-order valence-electron chi connectivity index (χ4n) is 3.39. The summed E-state index contributed by atoms with van der Waals surface area (Å²) in [4.78, 5) is 2.59. The molecule has 16 nitrogen and oxygen atoms in total. The highest BCUT2D eigenvalue weighted by Gasteiger charge is 2.50. The van der Waals surface area contributed by atoms with Crippen LogP contribution in [0.25, 0.3) is 10.4 Å². The summed E-state index contributed by atoms with van der Waals surface area (Å²) < 4.78 is 32.0. The molecule has 198 valence electrons. The Labute approximate surface area is 194 Å². The second-order valence-electron chi connectivity index (χ2n) is 7.55. The van der Waals surface area contributed by atoms with Crippen LogP contribution in [-0.4, -0.2) is 150 Å². The largest absolute Gasteiger partial charge is 0.394 e. The van der Waals surface area contributed by atoms with E-state index in [1.165, 1.54) is 0 Å². The van der Waals surface area contributed by atoms with Crippen molar-refractivity contribution in [2.45, 2.75) is 61.4 Å². The lowest BCUT2D eigenvalue weighted by Gasteiger charge is -2.45. The maximum atomic E-state index is 10.5. The molecular formula is C18H33N3O13. The summed E-state index contributed by atoms with van der Waals surface area (Å²) in [6.45, 7) is -0.266. The number of rotatable bonds is 14. The van der Waals surface area contributed by atoms with Crippen molar-refractivity contribution in [1.29, 1.82) is 0 Å². The van der Waals surface area contributed by atoms with Gasteiger partial charge in [-0.2, -0.15) is 0 Å². The summed E-state index contributed by atoms with van der Waals surface area (Å²) in [6, 6.07) is 0. The first kappa shape index (κ1) is 29.0. The molecule has 2 rings (SSSR count). The maximum Gasteiger partial charge on any atom is 0.187 e. The molecule has 2 aliphatic heterocycles. The van der Waals surface area contributed by atoms with Crippen LogP contribution in [0.2, 0.25) is 0 Å². The van der Waals surface area contributed by atoms with Crippen molar-refractivity contribution in [2.75, 3.05) is 52.8 Å². The molecule has 0 unspecified atom stereocenters. The van der Waals surface area contributed by atoms with Crippen LogP contribution >= 0.6 is 0 Å². The van der Waals surface area contributed by atoms with Gasteiger partial charge in [-0.1, -0.05) is 5.11 Å². The molecule has 0 aliphatic carbocycles. The summed E-state index contributed by atoms with van der Waals surface area (Å²) in [5.74, 6) is 0. The maximum absolute atomic E-state index is 10.5. The molecule has 0 aromatic carbocycles. The third-order valence-electron chi connectivity index (χ3n) is 5.24. The van der Waals surface area contributed by atoms with E-state index in [0.29, 0.717) is 0 Å². The Kier molecular flexibility index (Phi) is 12.8. The molecule has 2 heterocycles. The molecule has 0 amide bonds. The van der Waals surface area contributed by atoms with E-state index >= 15 is 0 Å². The average molecular weight is 499 g/mol. The number of aliphatic hydroxyl groups excluding tert-OH is 7. The van der Waals surface area contributed by atoms with Gasteiger partial charge in [0.25, 0.3) is 0 Å². The quantitative estimate of drug-likeness (QED) is 0.0521. The third kappa shape index (κ3) is 7.91. The van der Waals surface area contributed by atoms with Gasteiger partial charge in [-0.25, -0.2) is 0 Å². The second-order valence-corrected chi connectivity index (χ2v) is 7.55. The predicted molar refractivity (Wildman–Crippen MR) is 108 cm³/mol. The number of azide groups is 1. The van der Waals surface area contributed by atoms with Gasteiger partial charge in [0.15, 0.2) is 12.6 Å². The van der Waals surface area contributed by atoms with E-state index in [0.717, 1.165) is 0 Å².